The number of nitrogens with zero attached hydrogens (tertiary/aromatic N) is 2. The standard InChI is InChI=1S/C33H43ClN4O2/c1-24(39)38(21-27-11-5-7-13-31(27)34)22-29(19-28-20-35-32-14-8-6-12-30(28)32)36-33(40)23-37-17-15-26(16-18-37)25-9-3-2-4-10-25/h5-8,11-14,20,25-26,29,35H,2-4,9-10,15-19,21-23H2,1H3,(H,36,40)/t29-/m1/s1. The molecule has 0 bridgehead atoms. The summed E-state index contributed by atoms with van der Waals surface area (Å²) in [7, 11) is 0. The van der Waals surface area contributed by atoms with Gasteiger partial charge >= 0.3 is 0 Å². The zero-order valence-electron chi connectivity index (χ0n) is 23.7. The Morgan fingerprint density at radius 2 is 1.68 bits per heavy atom. The largest absolute Gasteiger partial charge is 0.361 e. The van der Waals surface area contributed by atoms with E-state index < -0.39 is 0 Å². The summed E-state index contributed by atoms with van der Waals surface area (Å²) in [4.78, 5) is 33.6. The zero-order chi connectivity index (χ0) is 27.9. The van der Waals surface area contributed by atoms with Gasteiger partial charge in [0.05, 0.1) is 12.6 Å². The van der Waals surface area contributed by atoms with Crippen LogP contribution in [0, 0.1) is 11.8 Å². The number of halogens is 1. The minimum Gasteiger partial charge on any atom is -0.361 e. The predicted molar refractivity (Wildman–Crippen MR) is 162 cm³/mol. The number of H-pyrrole nitrogens is 1. The van der Waals surface area contributed by atoms with E-state index in [0.717, 1.165) is 47.0 Å². The third kappa shape index (κ3) is 7.46. The number of aromatic nitrogens is 1. The number of aromatic amines is 1. The first kappa shape index (κ1) is 28.7. The fraction of sp³-hybridized carbons (Fsp3) is 0.515. The lowest BCUT2D eigenvalue weighted by Crippen LogP contribution is -2.50. The molecule has 40 heavy (non-hydrogen) atoms. The summed E-state index contributed by atoms with van der Waals surface area (Å²) in [6.45, 7) is 4.80. The molecule has 2 aliphatic rings. The van der Waals surface area contributed by atoms with Crippen LogP contribution in [0.2, 0.25) is 5.02 Å². The summed E-state index contributed by atoms with van der Waals surface area (Å²) in [5.41, 5.74) is 3.11. The van der Waals surface area contributed by atoms with E-state index in [1.807, 2.05) is 42.6 Å². The Labute approximate surface area is 243 Å². The van der Waals surface area contributed by atoms with Gasteiger partial charge in [0, 0.05) is 42.1 Å². The topological polar surface area (TPSA) is 68.4 Å². The molecule has 0 unspecified atom stereocenters. The Balaban J connectivity index is 1.24. The number of carbonyl (C=O) groups excluding carboxylic acids is 2. The molecule has 7 heteroatoms. The van der Waals surface area contributed by atoms with E-state index in [1.165, 1.54) is 44.9 Å². The molecule has 1 atom stereocenters. The van der Waals surface area contributed by atoms with Crippen molar-refractivity contribution < 1.29 is 9.59 Å². The van der Waals surface area contributed by atoms with Crippen molar-refractivity contribution in [1.29, 1.82) is 0 Å². The molecule has 1 saturated heterocycles. The number of benzene rings is 2. The van der Waals surface area contributed by atoms with Crippen molar-refractivity contribution in [3.63, 3.8) is 0 Å². The highest BCUT2D eigenvalue weighted by Crippen LogP contribution is 2.35. The Hall–Kier alpha value is -2.83. The third-order valence-corrected chi connectivity index (χ3v) is 9.40. The normalized spacial score (nSPS) is 18.1. The molecule has 2 N–H and O–H groups in total. The van der Waals surface area contributed by atoms with E-state index in [0.29, 0.717) is 31.1 Å². The molecule has 2 amide bonds. The molecule has 1 saturated carbocycles. The number of para-hydroxylation sites is 1. The van der Waals surface area contributed by atoms with Gasteiger partial charge in [-0.2, -0.15) is 0 Å². The SMILES string of the molecule is CC(=O)N(Cc1ccccc1Cl)C[C@@H](Cc1c[nH]c2ccccc12)NC(=O)CN1CCC(C2CCCCC2)CC1. The zero-order valence-corrected chi connectivity index (χ0v) is 24.5. The predicted octanol–water partition coefficient (Wildman–Crippen LogP) is 6.19. The highest BCUT2D eigenvalue weighted by Gasteiger charge is 2.29. The molecule has 0 spiro atoms. The van der Waals surface area contributed by atoms with Crippen molar-refractivity contribution >= 4 is 34.3 Å². The van der Waals surface area contributed by atoms with Crippen LogP contribution in [0.15, 0.2) is 54.7 Å². The number of nitrogens with one attached hydrogen (secondary N) is 2. The van der Waals surface area contributed by atoms with Crippen molar-refractivity contribution in [3.8, 4) is 0 Å². The Bertz CT molecular complexity index is 1280. The minimum absolute atomic E-state index is 0.0298. The summed E-state index contributed by atoms with van der Waals surface area (Å²) >= 11 is 6.43. The number of fused-ring (bicyclic) bond motifs is 1. The van der Waals surface area contributed by atoms with E-state index >= 15 is 0 Å². The molecular weight excluding hydrogens is 520 g/mol. The maximum absolute atomic E-state index is 13.4. The second-order valence-electron chi connectivity index (χ2n) is 11.8. The summed E-state index contributed by atoms with van der Waals surface area (Å²) in [6, 6.07) is 15.6. The van der Waals surface area contributed by atoms with Crippen LogP contribution >= 0.6 is 11.6 Å². The summed E-state index contributed by atoms with van der Waals surface area (Å²) in [6.07, 6.45) is 12.0. The van der Waals surface area contributed by atoms with Crippen LogP contribution in [0.3, 0.4) is 0 Å². The second kappa shape index (κ2) is 13.7. The van der Waals surface area contributed by atoms with Crippen molar-refractivity contribution in [2.75, 3.05) is 26.2 Å². The number of amides is 2. The molecule has 3 aromatic rings. The van der Waals surface area contributed by atoms with Crippen LogP contribution in [0.4, 0.5) is 0 Å². The monoisotopic (exact) mass is 562 g/mol. The number of piperidine rings is 1. The highest BCUT2D eigenvalue weighted by atomic mass is 35.5. The molecule has 1 aliphatic heterocycles. The van der Waals surface area contributed by atoms with Gasteiger partial charge in [-0.3, -0.25) is 14.5 Å². The molecule has 0 radical (unpaired) electrons. The number of hydrogen-bond donors (Lipinski definition) is 2. The van der Waals surface area contributed by atoms with Crippen LogP contribution in [-0.2, 0) is 22.6 Å². The Kier molecular flexibility index (Phi) is 9.82. The van der Waals surface area contributed by atoms with Gasteiger partial charge in [-0.1, -0.05) is 80.1 Å². The number of carbonyl (C=O) groups is 2. The van der Waals surface area contributed by atoms with Crippen LogP contribution in [0.1, 0.15) is 63.0 Å². The first-order valence-corrected chi connectivity index (χ1v) is 15.4. The lowest BCUT2D eigenvalue weighted by Gasteiger charge is -2.37. The second-order valence-corrected chi connectivity index (χ2v) is 12.2. The van der Waals surface area contributed by atoms with E-state index in [4.69, 9.17) is 11.6 Å². The van der Waals surface area contributed by atoms with E-state index in [-0.39, 0.29) is 17.9 Å². The van der Waals surface area contributed by atoms with Crippen molar-refractivity contribution in [1.82, 2.24) is 20.1 Å². The fourth-order valence-electron chi connectivity index (χ4n) is 6.79. The molecule has 2 heterocycles. The van der Waals surface area contributed by atoms with Gasteiger partial charge in [-0.15, -0.1) is 0 Å². The van der Waals surface area contributed by atoms with Gasteiger partial charge in [-0.05, 0) is 67.4 Å². The summed E-state index contributed by atoms with van der Waals surface area (Å²) in [5.74, 6) is 1.70. The lowest BCUT2D eigenvalue weighted by atomic mass is 9.76. The molecule has 2 aromatic carbocycles. The summed E-state index contributed by atoms with van der Waals surface area (Å²) < 4.78 is 0. The van der Waals surface area contributed by atoms with E-state index in [2.05, 4.69) is 27.3 Å². The molecule has 1 aliphatic carbocycles. The Morgan fingerprint density at radius 1 is 0.975 bits per heavy atom. The number of likely N-dealkylation sites (tertiary alicyclic amines) is 1. The maximum Gasteiger partial charge on any atom is 0.234 e. The van der Waals surface area contributed by atoms with E-state index in [1.54, 1.807) is 11.8 Å². The van der Waals surface area contributed by atoms with Gasteiger partial charge < -0.3 is 15.2 Å². The summed E-state index contributed by atoms with van der Waals surface area (Å²) in [5, 5.41) is 5.09. The van der Waals surface area contributed by atoms with Crippen LogP contribution in [0.5, 0.6) is 0 Å². The Morgan fingerprint density at radius 3 is 2.42 bits per heavy atom. The first-order valence-electron chi connectivity index (χ1n) is 15.0. The van der Waals surface area contributed by atoms with E-state index in [9.17, 15) is 9.59 Å². The minimum atomic E-state index is -0.224. The molecular formula is C33H43ClN4O2. The van der Waals surface area contributed by atoms with Gasteiger partial charge in [0.15, 0.2) is 0 Å². The lowest BCUT2D eigenvalue weighted by molar-refractivity contribution is -0.131. The van der Waals surface area contributed by atoms with Gasteiger partial charge in [0.1, 0.15) is 0 Å². The van der Waals surface area contributed by atoms with Crippen LogP contribution < -0.4 is 5.32 Å². The van der Waals surface area contributed by atoms with Crippen molar-refractivity contribution in [2.45, 2.75) is 70.9 Å². The highest BCUT2D eigenvalue weighted by molar-refractivity contribution is 6.31. The molecule has 214 valence electrons. The van der Waals surface area contributed by atoms with Gasteiger partial charge in [0.2, 0.25) is 11.8 Å². The van der Waals surface area contributed by atoms with Crippen molar-refractivity contribution in [2.24, 2.45) is 11.8 Å². The number of rotatable bonds is 10. The fourth-order valence-corrected chi connectivity index (χ4v) is 6.99. The molecule has 2 fully saturated rings. The molecule has 5 rings (SSSR count). The molecule has 1 aromatic heterocycles. The number of hydrogen-bond acceptors (Lipinski definition) is 3. The van der Waals surface area contributed by atoms with Gasteiger partial charge in [-0.25, -0.2) is 0 Å². The van der Waals surface area contributed by atoms with Crippen molar-refractivity contribution in [3.05, 3.63) is 70.9 Å². The first-order chi connectivity index (χ1) is 19.5. The van der Waals surface area contributed by atoms with Crippen LogP contribution in [0.25, 0.3) is 10.9 Å². The van der Waals surface area contributed by atoms with Gasteiger partial charge in [0.25, 0.3) is 0 Å². The van der Waals surface area contributed by atoms with Crippen LogP contribution in [-0.4, -0.2) is 58.8 Å². The quantitative estimate of drug-likeness (QED) is 0.309. The average molecular weight is 563 g/mol. The smallest absolute Gasteiger partial charge is 0.234 e. The third-order valence-electron chi connectivity index (χ3n) is 9.03. The maximum atomic E-state index is 13.4. The molecule has 6 nitrogen and oxygen atoms in total. The average Bonchev–Trinajstić information content (AvgIpc) is 3.37.